The number of ether oxygens (including phenoxy) is 2. The van der Waals surface area contributed by atoms with Gasteiger partial charge < -0.3 is 14.8 Å². The van der Waals surface area contributed by atoms with Crippen molar-refractivity contribution >= 4 is 17.4 Å². The quantitative estimate of drug-likeness (QED) is 0.416. The van der Waals surface area contributed by atoms with Crippen LogP contribution in [0.25, 0.3) is 5.57 Å². The number of nitrogens with zero attached hydrogens (tertiary/aromatic N) is 1. The van der Waals surface area contributed by atoms with Crippen LogP contribution in [-0.2, 0) is 9.47 Å². The van der Waals surface area contributed by atoms with Crippen molar-refractivity contribution in [3.05, 3.63) is 47.5 Å². The fraction of sp³-hybridized carbons (Fsp3) is 0.450. The van der Waals surface area contributed by atoms with E-state index in [0.717, 1.165) is 18.4 Å². The molecule has 26 heavy (non-hydrogen) atoms. The molecule has 1 aromatic heterocycles. The largest absolute Gasteiger partial charge is 0.497 e. The number of carbonyl (C=O) groups excluding carboxylic acids is 2. The number of rotatable bonds is 9. The van der Waals surface area contributed by atoms with Gasteiger partial charge in [-0.25, -0.2) is 9.78 Å². The van der Waals surface area contributed by atoms with Crippen molar-refractivity contribution in [1.29, 1.82) is 0 Å². The second-order valence-corrected chi connectivity index (χ2v) is 6.38. The van der Waals surface area contributed by atoms with Crippen molar-refractivity contribution < 1.29 is 19.1 Å². The van der Waals surface area contributed by atoms with Crippen LogP contribution in [0.15, 0.2) is 30.5 Å². The number of methoxy groups -OCH3 is 1. The molecule has 1 aromatic rings. The first-order valence-corrected chi connectivity index (χ1v) is 8.84. The summed E-state index contributed by atoms with van der Waals surface area (Å²) in [6.45, 7) is 8.43. The Bertz CT molecular complexity index is 721. The van der Waals surface area contributed by atoms with Crippen molar-refractivity contribution in [1.82, 2.24) is 10.3 Å². The van der Waals surface area contributed by atoms with Crippen molar-refractivity contribution in [3.8, 4) is 0 Å². The van der Waals surface area contributed by atoms with Crippen LogP contribution in [0.1, 0.15) is 59.7 Å². The van der Waals surface area contributed by atoms with Crippen molar-refractivity contribution in [3.63, 3.8) is 0 Å². The zero-order valence-corrected chi connectivity index (χ0v) is 15.6. The van der Waals surface area contributed by atoms with E-state index >= 15 is 0 Å². The minimum atomic E-state index is -0.547. The molecule has 1 N–H and O–H groups in total. The molecular weight excluding hydrogens is 332 g/mol. The van der Waals surface area contributed by atoms with E-state index in [2.05, 4.69) is 16.9 Å². The van der Waals surface area contributed by atoms with E-state index in [0.29, 0.717) is 36.8 Å². The number of hydrogen-bond acceptors (Lipinski definition) is 5. The zero-order chi connectivity index (χ0) is 19.1. The van der Waals surface area contributed by atoms with Gasteiger partial charge in [0, 0.05) is 12.1 Å². The molecule has 1 amide bonds. The lowest BCUT2D eigenvalue weighted by atomic mass is 10.0. The normalized spacial score (nSPS) is 13.9. The van der Waals surface area contributed by atoms with Crippen LogP contribution in [0, 0.1) is 5.92 Å². The van der Waals surface area contributed by atoms with Crippen LogP contribution in [0.2, 0.25) is 0 Å². The Morgan fingerprint density at radius 1 is 1.38 bits per heavy atom. The predicted octanol–water partition coefficient (Wildman–Crippen LogP) is 3.35. The number of pyridine rings is 1. The van der Waals surface area contributed by atoms with E-state index in [9.17, 15) is 9.59 Å². The molecule has 2 rings (SSSR count). The molecule has 1 aliphatic carbocycles. The Labute approximate surface area is 154 Å². The Morgan fingerprint density at radius 2 is 2.12 bits per heavy atom. The van der Waals surface area contributed by atoms with Gasteiger partial charge in [-0.3, -0.25) is 4.79 Å². The second kappa shape index (κ2) is 9.17. The average Bonchev–Trinajstić information content (AvgIpc) is 3.47. The molecule has 1 heterocycles. The number of carbonyl (C=O) groups is 2. The molecule has 0 atom stereocenters. The molecule has 0 spiro atoms. The SMILES string of the molecule is C=C(/C=C(\C)c1ccc(C(=O)NCC2CC2)nc1C(=O)OCCC)OC. The van der Waals surface area contributed by atoms with E-state index in [4.69, 9.17) is 9.47 Å². The van der Waals surface area contributed by atoms with Gasteiger partial charge in [-0.2, -0.15) is 0 Å². The minimum absolute atomic E-state index is 0.121. The Kier molecular flexibility index (Phi) is 6.95. The average molecular weight is 358 g/mol. The first kappa shape index (κ1) is 19.7. The summed E-state index contributed by atoms with van der Waals surface area (Å²) in [5.41, 5.74) is 1.66. The van der Waals surface area contributed by atoms with Crippen LogP contribution >= 0.6 is 0 Å². The van der Waals surface area contributed by atoms with Gasteiger partial charge in [0.2, 0.25) is 0 Å². The Hall–Kier alpha value is -2.63. The highest BCUT2D eigenvalue weighted by Gasteiger charge is 2.23. The lowest BCUT2D eigenvalue weighted by molar-refractivity contribution is 0.0497. The number of amides is 1. The van der Waals surface area contributed by atoms with Gasteiger partial charge >= 0.3 is 5.97 Å². The standard InChI is InChI=1S/C20H26N2O4/c1-5-10-26-20(24)18-16(13(2)11-14(3)25-4)8-9-17(22-18)19(23)21-12-15-6-7-15/h8-9,11,15H,3,5-7,10,12H2,1-2,4H3,(H,21,23)/b13-11+. The second-order valence-electron chi connectivity index (χ2n) is 6.38. The number of nitrogens with one attached hydrogen (secondary N) is 1. The first-order valence-electron chi connectivity index (χ1n) is 8.84. The molecule has 6 heteroatoms. The van der Waals surface area contributed by atoms with E-state index < -0.39 is 5.97 Å². The maximum atomic E-state index is 12.4. The zero-order valence-electron chi connectivity index (χ0n) is 15.6. The summed E-state index contributed by atoms with van der Waals surface area (Å²) in [4.78, 5) is 29.0. The lowest BCUT2D eigenvalue weighted by Crippen LogP contribution is -2.27. The third-order valence-corrected chi connectivity index (χ3v) is 4.07. The summed E-state index contributed by atoms with van der Waals surface area (Å²) in [5.74, 6) is 0.199. The Morgan fingerprint density at radius 3 is 2.73 bits per heavy atom. The van der Waals surface area contributed by atoms with Gasteiger partial charge in [-0.1, -0.05) is 13.5 Å². The molecule has 140 valence electrons. The van der Waals surface area contributed by atoms with Gasteiger partial charge in [-0.05, 0) is 55.9 Å². The van der Waals surface area contributed by atoms with Crippen LogP contribution < -0.4 is 5.32 Å². The van der Waals surface area contributed by atoms with Crippen LogP contribution in [0.4, 0.5) is 0 Å². The summed E-state index contributed by atoms with van der Waals surface area (Å²) >= 11 is 0. The summed E-state index contributed by atoms with van der Waals surface area (Å²) in [5, 5.41) is 2.86. The fourth-order valence-electron chi connectivity index (χ4n) is 2.35. The minimum Gasteiger partial charge on any atom is -0.497 e. The number of allylic oxidation sites excluding steroid dienone is 2. The van der Waals surface area contributed by atoms with Gasteiger partial charge in [0.25, 0.3) is 5.91 Å². The molecule has 1 fully saturated rings. The van der Waals surface area contributed by atoms with Gasteiger partial charge in [0.05, 0.1) is 13.7 Å². The fourth-order valence-corrected chi connectivity index (χ4v) is 2.35. The van der Waals surface area contributed by atoms with E-state index in [1.54, 1.807) is 18.2 Å². The number of hydrogen-bond donors (Lipinski definition) is 1. The lowest BCUT2D eigenvalue weighted by Gasteiger charge is -2.12. The molecule has 1 saturated carbocycles. The molecule has 0 aromatic carbocycles. The third-order valence-electron chi connectivity index (χ3n) is 4.07. The molecule has 0 radical (unpaired) electrons. The van der Waals surface area contributed by atoms with Crippen molar-refractivity contribution in [2.45, 2.75) is 33.1 Å². The molecule has 0 bridgehead atoms. The first-order chi connectivity index (χ1) is 12.5. The highest BCUT2D eigenvalue weighted by molar-refractivity contribution is 5.97. The molecule has 0 saturated heterocycles. The maximum absolute atomic E-state index is 12.4. The van der Waals surface area contributed by atoms with Crippen LogP contribution in [0.3, 0.4) is 0 Å². The molecule has 0 unspecified atom stereocenters. The van der Waals surface area contributed by atoms with E-state index in [-0.39, 0.29) is 17.3 Å². The highest BCUT2D eigenvalue weighted by Crippen LogP contribution is 2.27. The summed E-state index contributed by atoms with van der Waals surface area (Å²) in [7, 11) is 1.52. The van der Waals surface area contributed by atoms with Crippen LogP contribution in [-0.4, -0.2) is 37.1 Å². The smallest absolute Gasteiger partial charge is 0.357 e. The summed E-state index contributed by atoms with van der Waals surface area (Å²) in [6.07, 6.45) is 4.71. The van der Waals surface area contributed by atoms with Crippen molar-refractivity contribution in [2.24, 2.45) is 5.92 Å². The van der Waals surface area contributed by atoms with Gasteiger partial charge in [0.15, 0.2) is 5.69 Å². The van der Waals surface area contributed by atoms with Crippen molar-refractivity contribution in [2.75, 3.05) is 20.3 Å². The third kappa shape index (κ3) is 5.44. The predicted molar refractivity (Wildman–Crippen MR) is 99.7 cm³/mol. The summed E-state index contributed by atoms with van der Waals surface area (Å²) < 4.78 is 10.3. The molecule has 6 nitrogen and oxygen atoms in total. The monoisotopic (exact) mass is 358 g/mol. The molecule has 1 aliphatic rings. The van der Waals surface area contributed by atoms with E-state index in [1.165, 1.54) is 7.11 Å². The Balaban J connectivity index is 2.30. The van der Waals surface area contributed by atoms with Gasteiger partial charge in [0.1, 0.15) is 11.5 Å². The molecular formula is C20H26N2O4. The van der Waals surface area contributed by atoms with Crippen LogP contribution in [0.5, 0.6) is 0 Å². The number of esters is 1. The highest BCUT2D eigenvalue weighted by atomic mass is 16.5. The topological polar surface area (TPSA) is 77.5 Å². The summed E-state index contributed by atoms with van der Waals surface area (Å²) in [6, 6.07) is 3.32. The molecule has 0 aliphatic heterocycles. The number of aromatic nitrogens is 1. The maximum Gasteiger partial charge on any atom is 0.357 e. The van der Waals surface area contributed by atoms with E-state index in [1.807, 2.05) is 13.8 Å². The van der Waals surface area contributed by atoms with Gasteiger partial charge in [-0.15, -0.1) is 0 Å².